The lowest BCUT2D eigenvalue weighted by atomic mass is 10.0. The summed E-state index contributed by atoms with van der Waals surface area (Å²) in [7, 11) is 3.05. The summed E-state index contributed by atoms with van der Waals surface area (Å²) in [4.78, 5) is 30.8. The highest BCUT2D eigenvalue weighted by Crippen LogP contribution is 2.35. The molecule has 37 heavy (non-hydrogen) atoms. The number of benzene rings is 2. The number of hydrogen-bond donors (Lipinski definition) is 0. The number of para-hydroxylation sites is 2. The maximum atomic E-state index is 14.0. The van der Waals surface area contributed by atoms with Crippen molar-refractivity contribution in [3.63, 3.8) is 0 Å². The van der Waals surface area contributed by atoms with Gasteiger partial charge in [-0.2, -0.15) is 0 Å². The zero-order chi connectivity index (χ0) is 27.9. The van der Waals surface area contributed by atoms with Crippen molar-refractivity contribution in [3.8, 4) is 0 Å². The van der Waals surface area contributed by atoms with Crippen molar-refractivity contribution in [2.45, 2.75) is 77.3 Å². The summed E-state index contributed by atoms with van der Waals surface area (Å²) in [6.07, 6.45) is 2.14. The third-order valence-electron chi connectivity index (χ3n) is 6.67. The van der Waals surface area contributed by atoms with Crippen LogP contribution in [0.2, 0.25) is 0 Å². The number of rotatable bonds is 12. The van der Waals surface area contributed by atoms with E-state index < -0.39 is 28.3 Å². The second kappa shape index (κ2) is 13.6. The van der Waals surface area contributed by atoms with Gasteiger partial charge in [0.15, 0.2) is 0 Å². The Morgan fingerprint density at radius 3 is 1.76 bits per heavy atom. The topological polar surface area (TPSA) is 59.1 Å². The summed E-state index contributed by atoms with van der Waals surface area (Å²) in [6, 6.07) is 11.8. The van der Waals surface area contributed by atoms with E-state index in [2.05, 4.69) is 0 Å². The van der Waals surface area contributed by atoms with E-state index in [9.17, 15) is 9.59 Å². The molecule has 0 aliphatic heterocycles. The van der Waals surface area contributed by atoms with Crippen LogP contribution in [-0.4, -0.2) is 49.2 Å². The molecule has 2 rings (SSSR count). The number of amides is 2. The molecule has 0 aliphatic carbocycles. The van der Waals surface area contributed by atoms with Crippen molar-refractivity contribution in [3.05, 3.63) is 58.7 Å². The van der Waals surface area contributed by atoms with Crippen LogP contribution in [0.5, 0.6) is 0 Å². The second-order valence-corrected chi connectivity index (χ2v) is 10.3. The second-order valence-electron chi connectivity index (χ2n) is 9.38. The fourth-order valence-electron chi connectivity index (χ4n) is 4.51. The molecule has 0 saturated heterocycles. The summed E-state index contributed by atoms with van der Waals surface area (Å²) in [5, 5.41) is -2.70. The van der Waals surface area contributed by atoms with Gasteiger partial charge >= 0.3 is 0 Å². The Labute approximate surface area is 231 Å². The molecule has 8 heteroatoms. The van der Waals surface area contributed by atoms with Crippen LogP contribution in [0.4, 0.5) is 11.4 Å². The number of carbonyl (C=O) groups excluding carboxylic acids is 2. The maximum Gasteiger partial charge on any atom is 0.249 e. The van der Waals surface area contributed by atoms with E-state index >= 15 is 0 Å². The number of alkyl halides is 2. The van der Waals surface area contributed by atoms with Crippen molar-refractivity contribution >= 4 is 46.4 Å². The Morgan fingerprint density at radius 2 is 1.30 bits per heavy atom. The van der Waals surface area contributed by atoms with E-state index in [1.165, 1.54) is 24.0 Å². The van der Waals surface area contributed by atoms with Crippen LogP contribution in [0.15, 0.2) is 36.4 Å². The van der Waals surface area contributed by atoms with Crippen LogP contribution in [-0.2, 0) is 38.3 Å². The molecular weight excluding hydrogens is 511 g/mol. The number of aryl methyl sites for hydroxylation is 4. The predicted molar refractivity (Wildman–Crippen MR) is 153 cm³/mol. The standard InChI is InChI=1S/C29H40Cl2N2O4/c1-9-20-15-12-14-19(4)25(20)33(29(5,6)37-8)28(35)24(31)23(30)27(34)32(18-36-7)26-21(10-2)16-13-17-22(26)11-3/h12-17,23-24H,9-11,18H2,1-8H3. The number of halogens is 2. The van der Waals surface area contributed by atoms with Gasteiger partial charge in [-0.1, -0.05) is 57.2 Å². The SMILES string of the molecule is CCc1cccc(CC)c1N(COC)C(=O)C(Cl)C(Cl)C(=O)N(c1c(C)cccc1CC)C(C)(C)OC. The minimum Gasteiger partial charge on any atom is -0.364 e. The number of hydrogen-bond acceptors (Lipinski definition) is 4. The molecule has 2 amide bonds. The number of carbonyl (C=O) groups is 2. The molecule has 0 aromatic heterocycles. The summed E-state index contributed by atoms with van der Waals surface area (Å²) in [6.45, 7) is 11.6. The van der Waals surface area contributed by atoms with E-state index in [1.54, 1.807) is 13.8 Å². The molecule has 0 bridgehead atoms. The first kappa shape index (κ1) is 31.1. The highest BCUT2D eigenvalue weighted by molar-refractivity contribution is 6.45. The molecule has 0 aliphatic rings. The van der Waals surface area contributed by atoms with Gasteiger partial charge in [0.25, 0.3) is 0 Å². The average molecular weight is 552 g/mol. The molecule has 0 radical (unpaired) electrons. The number of ether oxygens (including phenoxy) is 2. The van der Waals surface area contributed by atoms with Gasteiger partial charge in [0.1, 0.15) is 23.2 Å². The molecule has 0 spiro atoms. The van der Waals surface area contributed by atoms with Crippen molar-refractivity contribution in [1.29, 1.82) is 0 Å². The van der Waals surface area contributed by atoms with Gasteiger partial charge in [0.2, 0.25) is 11.8 Å². The molecule has 0 fully saturated rings. The van der Waals surface area contributed by atoms with Crippen LogP contribution >= 0.6 is 23.2 Å². The molecule has 6 nitrogen and oxygen atoms in total. The zero-order valence-corrected chi connectivity index (χ0v) is 24.7. The minimum absolute atomic E-state index is 0.0189. The van der Waals surface area contributed by atoms with Gasteiger partial charge in [-0.25, -0.2) is 0 Å². The highest BCUT2D eigenvalue weighted by atomic mass is 35.5. The van der Waals surface area contributed by atoms with Crippen LogP contribution in [0.3, 0.4) is 0 Å². The predicted octanol–water partition coefficient (Wildman–Crippen LogP) is 6.25. The minimum atomic E-state index is -1.36. The summed E-state index contributed by atoms with van der Waals surface area (Å²) in [5.41, 5.74) is 4.25. The van der Waals surface area contributed by atoms with E-state index in [4.69, 9.17) is 32.7 Å². The van der Waals surface area contributed by atoms with Crippen molar-refractivity contribution < 1.29 is 19.1 Å². The number of anilines is 2. The first-order valence-electron chi connectivity index (χ1n) is 12.7. The lowest BCUT2D eigenvalue weighted by Crippen LogP contribution is -2.56. The molecular formula is C29H40Cl2N2O4. The summed E-state index contributed by atoms with van der Waals surface area (Å²) >= 11 is 13.5. The molecule has 204 valence electrons. The van der Waals surface area contributed by atoms with Crippen molar-refractivity contribution in [1.82, 2.24) is 0 Å². The molecule has 0 heterocycles. The molecule has 2 aromatic rings. The van der Waals surface area contributed by atoms with Gasteiger partial charge in [-0.05, 0) is 62.3 Å². The third-order valence-corrected chi connectivity index (χ3v) is 7.68. The van der Waals surface area contributed by atoms with E-state index in [0.717, 1.165) is 40.8 Å². The van der Waals surface area contributed by atoms with E-state index in [0.29, 0.717) is 12.1 Å². The third kappa shape index (κ3) is 6.66. The zero-order valence-electron chi connectivity index (χ0n) is 23.2. The smallest absolute Gasteiger partial charge is 0.249 e. The molecule has 2 aromatic carbocycles. The average Bonchev–Trinajstić information content (AvgIpc) is 2.90. The van der Waals surface area contributed by atoms with Gasteiger partial charge in [-0.3, -0.25) is 19.4 Å². The van der Waals surface area contributed by atoms with Crippen molar-refractivity contribution in [2.75, 3.05) is 30.8 Å². The number of methoxy groups -OCH3 is 2. The van der Waals surface area contributed by atoms with Crippen LogP contribution in [0.1, 0.15) is 56.9 Å². The van der Waals surface area contributed by atoms with Gasteiger partial charge in [0, 0.05) is 14.2 Å². The Morgan fingerprint density at radius 1 is 0.838 bits per heavy atom. The quantitative estimate of drug-likeness (QED) is 0.231. The number of nitrogens with zero attached hydrogens (tertiary/aromatic N) is 2. The summed E-state index contributed by atoms with van der Waals surface area (Å²) in [5.74, 6) is -1.01. The monoisotopic (exact) mass is 550 g/mol. The van der Waals surface area contributed by atoms with Gasteiger partial charge < -0.3 is 9.47 Å². The van der Waals surface area contributed by atoms with Gasteiger partial charge in [0.05, 0.1) is 11.4 Å². The van der Waals surface area contributed by atoms with Gasteiger partial charge in [-0.15, -0.1) is 23.2 Å². The molecule has 0 saturated carbocycles. The maximum absolute atomic E-state index is 14.0. The molecule has 2 atom stereocenters. The normalized spacial score (nSPS) is 13.2. The molecule has 2 unspecified atom stereocenters. The fourth-order valence-corrected chi connectivity index (χ4v) is 4.94. The Bertz CT molecular complexity index is 1070. The highest BCUT2D eigenvalue weighted by Gasteiger charge is 2.43. The van der Waals surface area contributed by atoms with Crippen LogP contribution in [0.25, 0.3) is 0 Å². The Kier molecular flexibility index (Phi) is 11.4. The first-order valence-corrected chi connectivity index (χ1v) is 13.5. The lowest BCUT2D eigenvalue weighted by Gasteiger charge is -2.40. The largest absolute Gasteiger partial charge is 0.364 e. The van der Waals surface area contributed by atoms with Crippen molar-refractivity contribution in [2.24, 2.45) is 0 Å². The van der Waals surface area contributed by atoms with E-state index in [-0.39, 0.29) is 6.73 Å². The Hall–Kier alpha value is -2.12. The van der Waals surface area contributed by atoms with E-state index in [1.807, 2.05) is 64.1 Å². The molecule has 0 N–H and O–H groups in total. The Balaban J connectivity index is 2.55. The van der Waals surface area contributed by atoms with Crippen LogP contribution < -0.4 is 9.80 Å². The lowest BCUT2D eigenvalue weighted by molar-refractivity contribution is -0.126. The first-order chi connectivity index (χ1) is 17.5. The summed E-state index contributed by atoms with van der Waals surface area (Å²) < 4.78 is 11.1. The van der Waals surface area contributed by atoms with Crippen LogP contribution in [0, 0.1) is 6.92 Å². The fraction of sp³-hybridized carbons (Fsp3) is 0.517.